The fourth-order valence-electron chi connectivity index (χ4n) is 1.15. The maximum Gasteiger partial charge on any atom is 0.163 e. The lowest BCUT2D eigenvalue weighted by Crippen LogP contribution is -1.93. The molecule has 0 bridgehead atoms. The largest absolute Gasteiger partial charge is 0.504 e. The summed E-state index contributed by atoms with van der Waals surface area (Å²) in [7, 11) is 1.49. The van der Waals surface area contributed by atoms with Crippen molar-refractivity contribution in [1.82, 2.24) is 0 Å². The summed E-state index contributed by atoms with van der Waals surface area (Å²) in [5, 5.41) is 18.2. The predicted octanol–water partition coefficient (Wildman–Crippen LogP) is 1.20. The maximum absolute atomic E-state index is 9.30. The highest BCUT2D eigenvalue weighted by Crippen LogP contribution is 2.31. The molecule has 0 amide bonds. The molecule has 0 spiro atoms. The Bertz CT molecular complexity index is 281. The number of phenols is 1. The first-order chi connectivity index (χ1) is 5.70. The molecule has 3 heteroatoms. The Morgan fingerprint density at radius 1 is 1.42 bits per heavy atom. The van der Waals surface area contributed by atoms with Gasteiger partial charge in [-0.25, -0.2) is 0 Å². The molecule has 0 aliphatic rings. The monoisotopic (exact) mass is 168 g/mol. The number of methoxy groups -OCH3 is 1. The van der Waals surface area contributed by atoms with Crippen molar-refractivity contribution in [3.05, 3.63) is 23.3 Å². The van der Waals surface area contributed by atoms with E-state index in [2.05, 4.69) is 0 Å². The topological polar surface area (TPSA) is 49.7 Å². The number of aromatic hydroxyl groups is 1. The van der Waals surface area contributed by atoms with Gasteiger partial charge in [0, 0.05) is 5.56 Å². The first-order valence-electron chi connectivity index (χ1n) is 3.67. The van der Waals surface area contributed by atoms with Crippen LogP contribution in [0.15, 0.2) is 12.1 Å². The molecule has 0 saturated carbocycles. The number of rotatable bonds is 2. The highest BCUT2D eigenvalue weighted by molar-refractivity contribution is 5.48. The molecule has 0 heterocycles. The van der Waals surface area contributed by atoms with Gasteiger partial charge in [-0.1, -0.05) is 6.07 Å². The van der Waals surface area contributed by atoms with Crippen molar-refractivity contribution in [2.75, 3.05) is 7.11 Å². The number of benzene rings is 1. The standard InChI is InChI=1S/C9H12O3/c1-6-7(5-10)3-4-8(11)9(6)12-2/h3-4,10-11H,5H2,1-2H3. The van der Waals surface area contributed by atoms with Crippen LogP contribution in [-0.2, 0) is 6.61 Å². The van der Waals surface area contributed by atoms with Gasteiger partial charge in [-0.2, -0.15) is 0 Å². The Labute approximate surface area is 71.2 Å². The van der Waals surface area contributed by atoms with Gasteiger partial charge in [-0.05, 0) is 18.6 Å². The van der Waals surface area contributed by atoms with Gasteiger partial charge in [0.2, 0.25) is 0 Å². The Morgan fingerprint density at radius 3 is 2.58 bits per heavy atom. The molecular formula is C9H12O3. The molecule has 0 aromatic heterocycles. The van der Waals surface area contributed by atoms with Crippen molar-refractivity contribution >= 4 is 0 Å². The highest BCUT2D eigenvalue weighted by atomic mass is 16.5. The van der Waals surface area contributed by atoms with Crippen LogP contribution in [-0.4, -0.2) is 17.3 Å². The molecule has 1 aromatic rings. The molecule has 3 nitrogen and oxygen atoms in total. The Kier molecular flexibility index (Phi) is 2.55. The fourth-order valence-corrected chi connectivity index (χ4v) is 1.15. The van der Waals surface area contributed by atoms with Gasteiger partial charge in [-0.3, -0.25) is 0 Å². The normalized spacial score (nSPS) is 9.92. The van der Waals surface area contributed by atoms with Gasteiger partial charge in [0.05, 0.1) is 13.7 Å². The summed E-state index contributed by atoms with van der Waals surface area (Å²) in [5.41, 5.74) is 1.55. The minimum atomic E-state index is -0.0392. The van der Waals surface area contributed by atoms with Crippen LogP contribution in [0.2, 0.25) is 0 Å². The Hall–Kier alpha value is -1.22. The van der Waals surface area contributed by atoms with Crippen LogP contribution in [0.25, 0.3) is 0 Å². The summed E-state index contributed by atoms with van der Waals surface area (Å²) in [4.78, 5) is 0. The number of phenolic OH excluding ortho intramolecular Hbond substituents is 1. The van der Waals surface area contributed by atoms with Gasteiger partial charge >= 0.3 is 0 Å². The van der Waals surface area contributed by atoms with Crippen LogP contribution in [0.3, 0.4) is 0 Å². The third kappa shape index (κ3) is 1.36. The molecule has 1 aromatic carbocycles. The Balaban J connectivity index is 3.24. The van der Waals surface area contributed by atoms with E-state index >= 15 is 0 Å². The minimum Gasteiger partial charge on any atom is -0.504 e. The van der Waals surface area contributed by atoms with Crippen LogP contribution < -0.4 is 4.74 Å². The van der Waals surface area contributed by atoms with Gasteiger partial charge in [-0.15, -0.1) is 0 Å². The fraction of sp³-hybridized carbons (Fsp3) is 0.333. The van der Waals surface area contributed by atoms with E-state index in [1.807, 2.05) is 0 Å². The summed E-state index contributed by atoms with van der Waals surface area (Å²) in [6.45, 7) is 1.76. The number of hydrogen-bond donors (Lipinski definition) is 2. The van der Waals surface area contributed by atoms with Gasteiger partial charge < -0.3 is 14.9 Å². The minimum absolute atomic E-state index is 0.0392. The summed E-state index contributed by atoms with van der Waals surface area (Å²) < 4.78 is 4.96. The molecule has 0 saturated heterocycles. The second kappa shape index (κ2) is 3.45. The second-order valence-corrected chi connectivity index (χ2v) is 2.56. The molecule has 1 rings (SSSR count). The van der Waals surface area contributed by atoms with E-state index < -0.39 is 0 Å². The highest BCUT2D eigenvalue weighted by Gasteiger charge is 2.08. The van der Waals surface area contributed by atoms with Crippen LogP contribution in [0.5, 0.6) is 11.5 Å². The van der Waals surface area contributed by atoms with Crippen molar-refractivity contribution in [1.29, 1.82) is 0 Å². The Morgan fingerprint density at radius 2 is 2.08 bits per heavy atom. The summed E-state index contributed by atoms with van der Waals surface area (Å²) >= 11 is 0. The lowest BCUT2D eigenvalue weighted by Gasteiger charge is -2.09. The van der Waals surface area contributed by atoms with Crippen LogP contribution in [0, 0.1) is 6.92 Å². The van der Waals surface area contributed by atoms with Crippen LogP contribution >= 0.6 is 0 Å². The number of hydrogen-bond acceptors (Lipinski definition) is 3. The number of aliphatic hydroxyl groups is 1. The van der Waals surface area contributed by atoms with Gasteiger partial charge in [0.1, 0.15) is 0 Å². The van der Waals surface area contributed by atoms with E-state index in [0.717, 1.165) is 11.1 Å². The van der Waals surface area contributed by atoms with Gasteiger partial charge in [0.25, 0.3) is 0 Å². The molecule has 2 N–H and O–H groups in total. The predicted molar refractivity (Wildman–Crippen MR) is 45.3 cm³/mol. The molecule has 0 aliphatic carbocycles. The van der Waals surface area contributed by atoms with Crippen molar-refractivity contribution < 1.29 is 14.9 Å². The summed E-state index contributed by atoms with van der Waals surface area (Å²) in [6.07, 6.45) is 0. The zero-order valence-electron chi connectivity index (χ0n) is 7.16. The quantitative estimate of drug-likeness (QED) is 0.697. The van der Waals surface area contributed by atoms with E-state index in [4.69, 9.17) is 9.84 Å². The number of aliphatic hydroxyl groups excluding tert-OH is 1. The molecule has 66 valence electrons. The van der Waals surface area contributed by atoms with Crippen LogP contribution in [0.4, 0.5) is 0 Å². The lowest BCUT2D eigenvalue weighted by molar-refractivity contribution is 0.279. The average Bonchev–Trinajstić information content (AvgIpc) is 2.06. The first-order valence-corrected chi connectivity index (χ1v) is 3.67. The van der Waals surface area contributed by atoms with Crippen molar-refractivity contribution in [2.24, 2.45) is 0 Å². The lowest BCUT2D eigenvalue weighted by atomic mass is 10.1. The molecule has 0 fully saturated rings. The smallest absolute Gasteiger partial charge is 0.163 e. The molecule has 0 unspecified atom stereocenters. The third-order valence-electron chi connectivity index (χ3n) is 1.87. The molecular weight excluding hydrogens is 156 g/mol. The van der Waals surface area contributed by atoms with E-state index in [1.165, 1.54) is 13.2 Å². The second-order valence-electron chi connectivity index (χ2n) is 2.56. The number of ether oxygens (including phenoxy) is 1. The SMILES string of the molecule is COc1c(O)ccc(CO)c1C. The van der Waals surface area contributed by atoms with Crippen molar-refractivity contribution in [3.8, 4) is 11.5 Å². The van der Waals surface area contributed by atoms with Crippen LogP contribution in [0.1, 0.15) is 11.1 Å². The van der Waals surface area contributed by atoms with E-state index in [9.17, 15) is 5.11 Å². The summed E-state index contributed by atoms with van der Waals surface area (Å²) in [6, 6.07) is 3.19. The van der Waals surface area contributed by atoms with Crippen molar-refractivity contribution in [3.63, 3.8) is 0 Å². The molecule has 12 heavy (non-hydrogen) atoms. The maximum atomic E-state index is 9.30. The third-order valence-corrected chi connectivity index (χ3v) is 1.87. The average molecular weight is 168 g/mol. The zero-order valence-corrected chi connectivity index (χ0v) is 7.16. The van der Waals surface area contributed by atoms with Crippen molar-refractivity contribution in [2.45, 2.75) is 13.5 Å². The van der Waals surface area contributed by atoms with E-state index in [1.54, 1.807) is 13.0 Å². The molecule has 0 radical (unpaired) electrons. The molecule has 0 atom stereocenters. The van der Waals surface area contributed by atoms with E-state index in [0.29, 0.717) is 5.75 Å². The van der Waals surface area contributed by atoms with Gasteiger partial charge in [0.15, 0.2) is 11.5 Å². The zero-order chi connectivity index (χ0) is 9.14. The molecule has 0 aliphatic heterocycles. The summed E-state index contributed by atoms with van der Waals surface area (Å²) in [5.74, 6) is 0.536. The first kappa shape index (κ1) is 8.87. The van der Waals surface area contributed by atoms with E-state index in [-0.39, 0.29) is 12.4 Å².